The first-order chi connectivity index (χ1) is 9.72. The van der Waals surface area contributed by atoms with E-state index in [0.29, 0.717) is 18.2 Å². The highest BCUT2D eigenvalue weighted by Crippen LogP contribution is 2.18. The van der Waals surface area contributed by atoms with E-state index in [4.69, 9.17) is 22.1 Å². The van der Waals surface area contributed by atoms with Crippen molar-refractivity contribution in [3.05, 3.63) is 34.9 Å². The van der Waals surface area contributed by atoms with Gasteiger partial charge >= 0.3 is 0 Å². The van der Waals surface area contributed by atoms with Crippen LogP contribution >= 0.6 is 11.6 Å². The topological polar surface area (TPSA) is 55.6 Å². The molecule has 0 radical (unpaired) electrons. The predicted molar refractivity (Wildman–Crippen MR) is 79.5 cm³/mol. The molecule has 1 saturated heterocycles. The van der Waals surface area contributed by atoms with Crippen molar-refractivity contribution in [3.63, 3.8) is 0 Å². The summed E-state index contributed by atoms with van der Waals surface area (Å²) in [4.78, 5) is 14.0. The Balaban J connectivity index is 1.81. The summed E-state index contributed by atoms with van der Waals surface area (Å²) in [5.41, 5.74) is 6.62. The Morgan fingerprint density at radius 1 is 1.40 bits per heavy atom. The maximum Gasteiger partial charge on any atom is 0.248 e. The van der Waals surface area contributed by atoms with Crippen molar-refractivity contribution in [3.8, 4) is 0 Å². The molecule has 20 heavy (non-hydrogen) atoms. The van der Waals surface area contributed by atoms with Crippen LogP contribution in [0.15, 0.2) is 24.3 Å². The summed E-state index contributed by atoms with van der Waals surface area (Å²) in [6.45, 7) is 1.75. The van der Waals surface area contributed by atoms with Gasteiger partial charge < -0.3 is 15.4 Å². The third kappa shape index (κ3) is 3.95. The first-order valence-electron chi connectivity index (χ1n) is 7.03. The van der Waals surface area contributed by atoms with Gasteiger partial charge in [-0.25, -0.2) is 0 Å². The van der Waals surface area contributed by atoms with Crippen molar-refractivity contribution < 1.29 is 9.53 Å². The number of amides is 1. The van der Waals surface area contributed by atoms with Gasteiger partial charge in [0.15, 0.2) is 0 Å². The molecule has 1 amide bonds. The van der Waals surface area contributed by atoms with E-state index in [1.807, 2.05) is 29.2 Å². The van der Waals surface area contributed by atoms with Crippen molar-refractivity contribution in [1.29, 1.82) is 0 Å². The fourth-order valence-corrected chi connectivity index (χ4v) is 2.71. The largest absolute Gasteiger partial charge is 0.367 e. The lowest BCUT2D eigenvalue weighted by Crippen LogP contribution is -2.48. The monoisotopic (exact) mass is 296 g/mol. The highest BCUT2D eigenvalue weighted by Gasteiger charge is 2.25. The minimum Gasteiger partial charge on any atom is -0.367 e. The highest BCUT2D eigenvalue weighted by molar-refractivity contribution is 6.31. The van der Waals surface area contributed by atoms with Crippen LogP contribution < -0.4 is 5.73 Å². The van der Waals surface area contributed by atoms with Gasteiger partial charge in [-0.15, -0.1) is 0 Å². The fraction of sp³-hybridized carbons (Fsp3) is 0.533. The molecule has 2 N–H and O–H groups in total. The zero-order valence-electron chi connectivity index (χ0n) is 11.6. The van der Waals surface area contributed by atoms with Gasteiger partial charge in [-0.2, -0.15) is 0 Å². The smallest absolute Gasteiger partial charge is 0.248 e. The van der Waals surface area contributed by atoms with Crippen LogP contribution in [0, 0.1) is 0 Å². The molecular formula is C15H21ClN2O2. The number of nitrogens with two attached hydrogens (primary N) is 1. The average Bonchev–Trinajstić information content (AvgIpc) is 2.49. The molecule has 1 aromatic carbocycles. The number of carbonyl (C=O) groups is 1. The lowest BCUT2D eigenvalue weighted by Gasteiger charge is -2.35. The number of nitrogens with zero attached hydrogens (tertiary/aromatic N) is 1. The molecular weight excluding hydrogens is 276 g/mol. The van der Waals surface area contributed by atoms with Crippen LogP contribution in [0.2, 0.25) is 5.02 Å². The summed E-state index contributed by atoms with van der Waals surface area (Å²) in [6, 6.07) is 7.66. The Morgan fingerprint density at radius 3 is 2.95 bits per heavy atom. The summed E-state index contributed by atoms with van der Waals surface area (Å²) in [5, 5.41) is 0.665. The highest BCUT2D eigenvalue weighted by atomic mass is 35.5. The SMILES string of the molecule is NC[C@H]1CCCCN1C(=O)COCc1ccccc1Cl. The number of piperidine rings is 1. The van der Waals surface area contributed by atoms with E-state index in [1.165, 1.54) is 0 Å². The third-order valence-corrected chi connectivity index (χ3v) is 4.03. The summed E-state index contributed by atoms with van der Waals surface area (Å²) in [5.74, 6) is 0.0206. The first kappa shape index (κ1) is 15.3. The first-order valence-corrected chi connectivity index (χ1v) is 7.41. The van der Waals surface area contributed by atoms with E-state index in [0.717, 1.165) is 31.4 Å². The quantitative estimate of drug-likeness (QED) is 0.906. The normalized spacial score (nSPS) is 19.1. The Bertz CT molecular complexity index is 453. The van der Waals surface area contributed by atoms with Crippen LogP contribution in [0.25, 0.3) is 0 Å². The van der Waals surface area contributed by atoms with Crippen LogP contribution in [0.3, 0.4) is 0 Å². The predicted octanol–water partition coefficient (Wildman–Crippen LogP) is 2.20. The van der Waals surface area contributed by atoms with Crippen LogP contribution in [0.4, 0.5) is 0 Å². The zero-order chi connectivity index (χ0) is 14.4. The van der Waals surface area contributed by atoms with Crippen molar-refractivity contribution in [1.82, 2.24) is 4.90 Å². The van der Waals surface area contributed by atoms with Crippen LogP contribution in [0.5, 0.6) is 0 Å². The molecule has 0 bridgehead atoms. The van der Waals surface area contributed by atoms with E-state index >= 15 is 0 Å². The van der Waals surface area contributed by atoms with Gasteiger partial charge in [-0.05, 0) is 30.9 Å². The number of ether oxygens (including phenoxy) is 1. The second-order valence-electron chi connectivity index (χ2n) is 5.06. The second kappa shape index (κ2) is 7.62. The van der Waals surface area contributed by atoms with Gasteiger partial charge in [0, 0.05) is 24.2 Å². The Morgan fingerprint density at radius 2 is 2.20 bits per heavy atom. The molecule has 0 spiro atoms. The number of halogens is 1. The lowest BCUT2D eigenvalue weighted by atomic mass is 10.0. The number of rotatable bonds is 5. The number of benzene rings is 1. The standard InChI is InChI=1S/C15H21ClN2O2/c16-14-7-2-1-5-12(14)10-20-11-15(19)18-8-4-3-6-13(18)9-17/h1-2,5,7,13H,3-4,6,8-11,17H2/t13-/m1/s1. The molecule has 1 aliphatic heterocycles. The summed E-state index contributed by atoms with van der Waals surface area (Å²) in [6.07, 6.45) is 3.19. The maximum absolute atomic E-state index is 12.2. The summed E-state index contributed by atoms with van der Waals surface area (Å²) in [7, 11) is 0. The van der Waals surface area contributed by atoms with Crippen molar-refractivity contribution in [2.45, 2.75) is 31.9 Å². The second-order valence-corrected chi connectivity index (χ2v) is 5.46. The molecule has 1 fully saturated rings. The van der Waals surface area contributed by atoms with Gasteiger partial charge in [0.05, 0.1) is 6.61 Å². The third-order valence-electron chi connectivity index (χ3n) is 3.66. The van der Waals surface area contributed by atoms with E-state index in [9.17, 15) is 4.79 Å². The maximum atomic E-state index is 12.2. The number of carbonyl (C=O) groups excluding carboxylic acids is 1. The van der Waals surface area contributed by atoms with E-state index in [2.05, 4.69) is 0 Å². The van der Waals surface area contributed by atoms with Crippen molar-refractivity contribution in [2.75, 3.05) is 19.7 Å². The molecule has 0 unspecified atom stereocenters. The van der Waals surface area contributed by atoms with Gasteiger partial charge in [-0.1, -0.05) is 29.8 Å². The summed E-state index contributed by atoms with van der Waals surface area (Å²) < 4.78 is 5.49. The molecule has 0 aliphatic carbocycles. The molecule has 4 nitrogen and oxygen atoms in total. The van der Waals surface area contributed by atoms with E-state index < -0.39 is 0 Å². The lowest BCUT2D eigenvalue weighted by molar-refractivity contribution is -0.140. The van der Waals surface area contributed by atoms with Gasteiger partial charge in [0.1, 0.15) is 6.61 Å². The zero-order valence-corrected chi connectivity index (χ0v) is 12.3. The van der Waals surface area contributed by atoms with E-state index in [-0.39, 0.29) is 18.6 Å². The van der Waals surface area contributed by atoms with Gasteiger partial charge in [0.25, 0.3) is 0 Å². The summed E-state index contributed by atoms with van der Waals surface area (Å²) >= 11 is 6.04. The molecule has 0 saturated carbocycles. The molecule has 0 aromatic heterocycles. The van der Waals surface area contributed by atoms with Crippen LogP contribution in [-0.2, 0) is 16.1 Å². The van der Waals surface area contributed by atoms with Gasteiger partial charge in [-0.3, -0.25) is 4.79 Å². The molecule has 1 aliphatic rings. The molecule has 5 heteroatoms. The number of hydrogen-bond donors (Lipinski definition) is 1. The van der Waals surface area contributed by atoms with E-state index in [1.54, 1.807) is 0 Å². The molecule has 110 valence electrons. The fourth-order valence-electron chi connectivity index (χ4n) is 2.52. The Kier molecular flexibility index (Phi) is 5.83. The van der Waals surface area contributed by atoms with Crippen LogP contribution in [0.1, 0.15) is 24.8 Å². The van der Waals surface area contributed by atoms with Crippen LogP contribution in [-0.4, -0.2) is 36.5 Å². The Hall–Kier alpha value is -1.10. The molecule has 1 heterocycles. The number of hydrogen-bond acceptors (Lipinski definition) is 3. The molecule has 1 atom stereocenters. The van der Waals surface area contributed by atoms with Crippen molar-refractivity contribution in [2.24, 2.45) is 5.73 Å². The minimum atomic E-state index is 0.0206. The van der Waals surface area contributed by atoms with Gasteiger partial charge in [0.2, 0.25) is 5.91 Å². The van der Waals surface area contributed by atoms with Crippen molar-refractivity contribution >= 4 is 17.5 Å². The average molecular weight is 297 g/mol. The molecule has 1 aromatic rings. The number of likely N-dealkylation sites (tertiary alicyclic amines) is 1. The minimum absolute atomic E-state index is 0.0206. The molecule has 2 rings (SSSR count). The Labute approximate surface area is 124 Å².